The molecular weight excluding hydrogens is 224 g/mol. The van der Waals surface area contributed by atoms with Gasteiger partial charge in [0.2, 0.25) is 0 Å². The minimum absolute atomic E-state index is 0.00191. The highest BCUT2D eigenvalue weighted by Crippen LogP contribution is 2.41. The maximum Gasteiger partial charge on any atom is 0.308 e. The third-order valence-electron chi connectivity index (χ3n) is 4.18. The molecule has 18 heavy (non-hydrogen) atoms. The molecule has 1 aliphatic rings. The molecule has 2 heteroatoms. The Hall–Kier alpha value is -0.530. The second-order valence-corrected chi connectivity index (χ2v) is 6.68. The monoisotopic (exact) mass is 254 g/mol. The van der Waals surface area contributed by atoms with E-state index >= 15 is 0 Å². The van der Waals surface area contributed by atoms with Gasteiger partial charge in [0.15, 0.2) is 0 Å². The first-order valence-electron chi connectivity index (χ1n) is 7.60. The first kappa shape index (κ1) is 15.5. The van der Waals surface area contributed by atoms with E-state index in [0.29, 0.717) is 12.5 Å². The van der Waals surface area contributed by atoms with E-state index in [-0.39, 0.29) is 11.9 Å². The minimum atomic E-state index is -0.0443. The van der Waals surface area contributed by atoms with Gasteiger partial charge < -0.3 is 4.74 Å². The van der Waals surface area contributed by atoms with Crippen molar-refractivity contribution in [3.8, 4) is 0 Å². The first-order valence-corrected chi connectivity index (χ1v) is 7.60. The summed E-state index contributed by atoms with van der Waals surface area (Å²) in [6.07, 6.45) is 5.13. The molecule has 0 spiro atoms. The first-order chi connectivity index (χ1) is 8.43. The molecule has 0 saturated heterocycles. The molecule has 0 amide bonds. The lowest BCUT2D eigenvalue weighted by molar-refractivity contribution is -0.149. The topological polar surface area (TPSA) is 26.3 Å². The Labute approximate surface area is 112 Å². The third-order valence-corrected chi connectivity index (χ3v) is 4.18. The fraction of sp³-hybridized carbons (Fsp3) is 0.938. The molecule has 0 aromatic carbocycles. The van der Waals surface area contributed by atoms with Crippen LogP contribution in [0.15, 0.2) is 0 Å². The molecule has 0 N–H and O–H groups in total. The van der Waals surface area contributed by atoms with Crippen LogP contribution in [0.5, 0.6) is 0 Å². The largest absolute Gasteiger partial charge is 0.465 e. The molecule has 1 fully saturated rings. The van der Waals surface area contributed by atoms with Crippen LogP contribution in [-0.4, -0.2) is 12.6 Å². The van der Waals surface area contributed by atoms with Gasteiger partial charge in [-0.15, -0.1) is 0 Å². The molecule has 0 bridgehead atoms. The minimum Gasteiger partial charge on any atom is -0.465 e. The molecule has 0 aromatic heterocycles. The molecule has 0 aromatic rings. The summed E-state index contributed by atoms with van der Waals surface area (Å²) in [5.74, 6) is 2.94. The van der Waals surface area contributed by atoms with Crippen LogP contribution in [0.3, 0.4) is 0 Å². The van der Waals surface area contributed by atoms with E-state index in [1.807, 2.05) is 13.8 Å². The van der Waals surface area contributed by atoms with Crippen LogP contribution in [0.2, 0.25) is 0 Å². The van der Waals surface area contributed by atoms with E-state index in [2.05, 4.69) is 20.8 Å². The number of ether oxygens (including phenoxy) is 1. The summed E-state index contributed by atoms with van der Waals surface area (Å²) in [6.45, 7) is 11.3. The normalized spacial score (nSPS) is 28.1. The van der Waals surface area contributed by atoms with Crippen molar-refractivity contribution in [2.45, 2.75) is 60.3 Å². The van der Waals surface area contributed by atoms with E-state index in [9.17, 15) is 4.79 Å². The lowest BCUT2D eigenvalue weighted by atomic mass is 9.94. The standard InChI is InChI=1S/C16H30O2/c1-6-14-8-13(7-11(2)3)9-15(14)10-18-16(17)12(4)5/h11-15H,6-10H2,1-5H3. The molecule has 0 aliphatic heterocycles. The average Bonchev–Trinajstić information content (AvgIpc) is 2.66. The van der Waals surface area contributed by atoms with Gasteiger partial charge in [-0.2, -0.15) is 0 Å². The van der Waals surface area contributed by atoms with Gasteiger partial charge in [-0.3, -0.25) is 4.79 Å². The fourth-order valence-corrected chi connectivity index (χ4v) is 3.26. The lowest BCUT2D eigenvalue weighted by Crippen LogP contribution is -2.20. The van der Waals surface area contributed by atoms with Crippen molar-refractivity contribution in [1.29, 1.82) is 0 Å². The van der Waals surface area contributed by atoms with Crippen molar-refractivity contribution in [2.75, 3.05) is 6.61 Å². The number of rotatable bonds is 6. The Morgan fingerprint density at radius 2 is 1.78 bits per heavy atom. The van der Waals surface area contributed by atoms with E-state index in [1.54, 1.807) is 0 Å². The number of carbonyl (C=O) groups is 1. The second-order valence-electron chi connectivity index (χ2n) is 6.68. The predicted octanol–water partition coefficient (Wildman–Crippen LogP) is 4.28. The van der Waals surface area contributed by atoms with Crippen LogP contribution in [0.25, 0.3) is 0 Å². The summed E-state index contributed by atoms with van der Waals surface area (Å²) in [6, 6.07) is 0. The molecule has 2 nitrogen and oxygen atoms in total. The smallest absolute Gasteiger partial charge is 0.308 e. The van der Waals surface area contributed by atoms with Crippen LogP contribution < -0.4 is 0 Å². The zero-order valence-electron chi connectivity index (χ0n) is 12.7. The highest BCUT2D eigenvalue weighted by Gasteiger charge is 2.34. The van der Waals surface area contributed by atoms with Gasteiger partial charge in [0.1, 0.15) is 0 Å². The van der Waals surface area contributed by atoms with E-state index in [1.165, 1.54) is 25.7 Å². The van der Waals surface area contributed by atoms with Crippen molar-refractivity contribution in [3.05, 3.63) is 0 Å². The van der Waals surface area contributed by atoms with Crippen molar-refractivity contribution in [3.63, 3.8) is 0 Å². The number of hydrogen-bond donors (Lipinski definition) is 0. The molecule has 0 radical (unpaired) electrons. The molecule has 3 atom stereocenters. The number of carbonyl (C=O) groups excluding carboxylic acids is 1. The fourth-order valence-electron chi connectivity index (χ4n) is 3.26. The van der Waals surface area contributed by atoms with Gasteiger partial charge in [-0.25, -0.2) is 0 Å². The maximum atomic E-state index is 11.5. The number of hydrogen-bond acceptors (Lipinski definition) is 2. The molecule has 106 valence electrons. The number of esters is 1. The van der Waals surface area contributed by atoms with Gasteiger partial charge in [-0.05, 0) is 42.9 Å². The second kappa shape index (κ2) is 7.16. The molecule has 3 unspecified atom stereocenters. The quantitative estimate of drug-likeness (QED) is 0.661. The summed E-state index contributed by atoms with van der Waals surface area (Å²) in [7, 11) is 0. The van der Waals surface area contributed by atoms with Crippen molar-refractivity contribution >= 4 is 5.97 Å². The summed E-state index contributed by atoms with van der Waals surface area (Å²) >= 11 is 0. The molecule has 0 heterocycles. The molecule has 1 aliphatic carbocycles. The third kappa shape index (κ3) is 4.62. The van der Waals surface area contributed by atoms with Crippen LogP contribution >= 0.6 is 0 Å². The van der Waals surface area contributed by atoms with Crippen LogP contribution in [0.4, 0.5) is 0 Å². The highest BCUT2D eigenvalue weighted by atomic mass is 16.5. The van der Waals surface area contributed by atoms with Crippen LogP contribution in [0, 0.1) is 29.6 Å². The summed E-state index contributed by atoms with van der Waals surface area (Å²) in [5, 5.41) is 0. The SMILES string of the molecule is CCC1CC(CC(C)C)CC1COC(=O)C(C)C. The Kier molecular flexibility index (Phi) is 6.17. The van der Waals surface area contributed by atoms with Crippen molar-refractivity contribution in [1.82, 2.24) is 0 Å². The molecular formula is C16H30O2. The van der Waals surface area contributed by atoms with E-state index in [4.69, 9.17) is 4.74 Å². The summed E-state index contributed by atoms with van der Waals surface area (Å²) in [4.78, 5) is 11.5. The van der Waals surface area contributed by atoms with Gasteiger partial charge in [0.05, 0.1) is 12.5 Å². The summed E-state index contributed by atoms with van der Waals surface area (Å²) in [5.41, 5.74) is 0. The van der Waals surface area contributed by atoms with Gasteiger partial charge in [-0.1, -0.05) is 41.0 Å². The Morgan fingerprint density at radius 3 is 2.28 bits per heavy atom. The Morgan fingerprint density at radius 1 is 1.17 bits per heavy atom. The summed E-state index contributed by atoms with van der Waals surface area (Å²) < 4.78 is 5.43. The lowest BCUT2D eigenvalue weighted by Gasteiger charge is -2.18. The maximum absolute atomic E-state index is 11.5. The Balaban J connectivity index is 2.41. The predicted molar refractivity (Wildman–Crippen MR) is 75.2 cm³/mol. The average molecular weight is 254 g/mol. The van der Waals surface area contributed by atoms with Gasteiger partial charge >= 0.3 is 5.97 Å². The van der Waals surface area contributed by atoms with Crippen LogP contribution in [-0.2, 0) is 9.53 Å². The van der Waals surface area contributed by atoms with Gasteiger partial charge in [0.25, 0.3) is 0 Å². The highest BCUT2D eigenvalue weighted by molar-refractivity contribution is 5.71. The van der Waals surface area contributed by atoms with E-state index in [0.717, 1.165) is 17.8 Å². The van der Waals surface area contributed by atoms with Crippen molar-refractivity contribution < 1.29 is 9.53 Å². The van der Waals surface area contributed by atoms with Crippen molar-refractivity contribution in [2.24, 2.45) is 29.6 Å². The van der Waals surface area contributed by atoms with Crippen LogP contribution in [0.1, 0.15) is 60.3 Å². The molecule has 1 rings (SSSR count). The molecule has 1 saturated carbocycles. The van der Waals surface area contributed by atoms with Gasteiger partial charge in [0, 0.05) is 0 Å². The zero-order chi connectivity index (χ0) is 13.7. The van der Waals surface area contributed by atoms with E-state index < -0.39 is 0 Å². The zero-order valence-corrected chi connectivity index (χ0v) is 12.7. The Bertz CT molecular complexity index is 258.